The van der Waals surface area contributed by atoms with Crippen LogP contribution in [0.4, 0.5) is 5.00 Å². The molecule has 1 atom stereocenters. The summed E-state index contributed by atoms with van der Waals surface area (Å²) in [4.78, 5) is 9.60. The Kier molecular flexibility index (Phi) is 6.44. The molecule has 0 amide bonds. The number of nitrogens with zero attached hydrogens (tertiary/aromatic N) is 4. The normalized spacial score (nSPS) is 12.9. The highest BCUT2D eigenvalue weighted by Crippen LogP contribution is 2.40. The monoisotopic (exact) mass is 481 g/mol. The Labute approximate surface area is 201 Å². The van der Waals surface area contributed by atoms with E-state index in [0.717, 1.165) is 56.4 Å². The van der Waals surface area contributed by atoms with Crippen molar-refractivity contribution in [2.75, 3.05) is 4.31 Å². The molecular formula is C25H29N4O2S2-. The van der Waals surface area contributed by atoms with Crippen LogP contribution in [-0.4, -0.2) is 28.8 Å². The van der Waals surface area contributed by atoms with E-state index < -0.39 is 16.8 Å². The minimum Gasteiger partial charge on any atom is -0.755 e. The number of thiophene rings is 1. The quantitative estimate of drug-likeness (QED) is 0.327. The topological polar surface area (TPSA) is 74.1 Å². The van der Waals surface area contributed by atoms with Gasteiger partial charge in [0.1, 0.15) is 16.3 Å². The molecular weight excluding hydrogens is 452 g/mol. The average molecular weight is 482 g/mol. The Morgan fingerprint density at radius 3 is 2.42 bits per heavy atom. The number of benzene rings is 1. The van der Waals surface area contributed by atoms with Gasteiger partial charge < -0.3 is 9.12 Å². The number of aromatic nitrogens is 3. The van der Waals surface area contributed by atoms with Crippen LogP contribution >= 0.6 is 11.3 Å². The lowest BCUT2D eigenvalue weighted by Crippen LogP contribution is -2.42. The highest BCUT2D eigenvalue weighted by atomic mass is 32.2. The zero-order valence-electron chi connectivity index (χ0n) is 19.9. The predicted octanol–water partition coefficient (Wildman–Crippen LogP) is 5.79. The van der Waals surface area contributed by atoms with Crippen molar-refractivity contribution in [3.05, 3.63) is 64.4 Å². The van der Waals surface area contributed by atoms with Gasteiger partial charge >= 0.3 is 0 Å². The van der Waals surface area contributed by atoms with Crippen LogP contribution in [0.1, 0.15) is 50.3 Å². The summed E-state index contributed by atoms with van der Waals surface area (Å²) in [6.07, 6.45) is 0.833. The van der Waals surface area contributed by atoms with Crippen LogP contribution < -0.4 is 4.31 Å². The lowest BCUT2D eigenvalue weighted by atomic mass is 10.0. The van der Waals surface area contributed by atoms with Crippen molar-refractivity contribution in [3.8, 4) is 11.1 Å². The molecule has 0 saturated heterocycles. The Hall–Kier alpha value is -2.55. The second kappa shape index (κ2) is 9.00. The van der Waals surface area contributed by atoms with Crippen LogP contribution in [0.25, 0.3) is 22.3 Å². The highest BCUT2D eigenvalue weighted by molar-refractivity contribution is 7.81. The molecule has 3 aromatic heterocycles. The third-order valence-electron chi connectivity index (χ3n) is 5.61. The van der Waals surface area contributed by atoms with E-state index in [2.05, 4.69) is 48.7 Å². The summed E-state index contributed by atoms with van der Waals surface area (Å²) in [5.41, 5.74) is 6.53. The lowest BCUT2D eigenvalue weighted by molar-refractivity contribution is 0.499. The number of hydrogen-bond donors (Lipinski definition) is 0. The maximum absolute atomic E-state index is 12.0. The molecule has 33 heavy (non-hydrogen) atoms. The number of hydrogen-bond acceptors (Lipinski definition) is 5. The van der Waals surface area contributed by atoms with Crippen molar-refractivity contribution in [2.45, 2.75) is 60.0 Å². The van der Waals surface area contributed by atoms with Gasteiger partial charge in [-0.1, -0.05) is 31.2 Å². The van der Waals surface area contributed by atoms with Crippen LogP contribution in [0, 0.1) is 13.8 Å². The molecule has 1 unspecified atom stereocenters. The zero-order valence-corrected chi connectivity index (χ0v) is 21.5. The number of aryl methyl sites for hydroxylation is 3. The van der Waals surface area contributed by atoms with Crippen LogP contribution in [0.5, 0.6) is 0 Å². The largest absolute Gasteiger partial charge is 0.755 e. The molecule has 4 aromatic rings. The molecule has 0 aliphatic carbocycles. The van der Waals surface area contributed by atoms with Crippen molar-refractivity contribution in [1.82, 2.24) is 14.5 Å². The van der Waals surface area contributed by atoms with Gasteiger partial charge in [-0.05, 0) is 68.8 Å². The Bertz CT molecular complexity index is 1320. The summed E-state index contributed by atoms with van der Waals surface area (Å²) >= 11 is -0.920. The second-order valence-electron chi connectivity index (χ2n) is 9.24. The van der Waals surface area contributed by atoms with E-state index in [9.17, 15) is 8.76 Å². The number of anilines is 1. The average Bonchev–Trinajstić information content (AvgIpc) is 3.33. The molecule has 4 rings (SSSR count). The van der Waals surface area contributed by atoms with Gasteiger partial charge in [-0.25, -0.2) is 9.97 Å². The summed E-state index contributed by atoms with van der Waals surface area (Å²) in [5, 5.41) is 2.67. The molecule has 3 heterocycles. The summed E-state index contributed by atoms with van der Waals surface area (Å²) in [7, 11) is 0. The first-order valence-electron chi connectivity index (χ1n) is 11.0. The van der Waals surface area contributed by atoms with Crippen molar-refractivity contribution in [1.29, 1.82) is 0 Å². The van der Waals surface area contributed by atoms with Gasteiger partial charge in [0.25, 0.3) is 0 Å². The molecule has 0 bridgehead atoms. The molecule has 0 spiro atoms. The molecule has 174 valence electrons. The van der Waals surface area contributed by atoms with Gasteiger partial charge in [0.15, 0.2) is 5.65 Å². The van der Waals surface area contributed by atoms with Crippen LogP contribution in [0.2, 0.25) is 0 Å². The van der Waals surface area contributed by atoms with Gasteiger partial charge in [-0.2, -0.15) is 0 Å². The zero-order chi connectivity index (χ0) is 23.9. The van der Waals surface area contributed by atoms with Crippen molar-refractivity contribution in [3.63, 3.8) is 0 Å². The Morgan fingerprint density at radius 2 is 1.82 bits per heavy atom. The minimum atomic E-state index is -2.36. The van der Waals surface area contributed by atoms with Gasteiger partial charge in [0.2, 0.25) is 0 Å². The standard InChI is InChI=1S/C25H30N4O2S2/c1-7-21-27-22-16(2)14-17(3)26-23(22)28(21)15-18-8-10-19(11-9-18)20-12-13-32-24(20)29(33(30)31)25(4,5)6/h8-14H,7,15H2,1-6H3,(H,30,31)/p-1. The molecule has 0 aliphatic rings. The van der Waals surface area contributed by atoms with E-state index in [1.54, 1.807) is 0 Å². The minimum absolute atomic E-state index is 0.547. The Morgan fingerprint density at radius 1 is 1.12 bits per heavy atom. The first-order chi connectivity index (χ1) is 15.6. The maximum atomic E-state index is 12.0. The fourth-order valence-electron chi connectivity index (χ4n) is 4.13. The van der Waals surface area contributed by atoms with Gasteiger partial charge in [-0.3, -0.25) is 8.51 Å². The predicted molar refractivity (Wildman–Crippen MR) is 136 cm³/mol. The first-order valence-corrected chi connectivity index (χ1v) is 12.9. The number of rotatable bonds is 6. The van der Waals surface area contributed by atoms with Crippen molar-refractivity contribution in [2.24, 2.45) is 0 Å². The summed E-state index contributed by atoms with van der Waals surface area (Å²) in [6.45, 7) is 12.6. The smallest absolute Gasteiger partial charge is 0.160 e. The molecule has 0 radical (unpaired) electrons. The first kappa shape index (κ1) is 23.6. The molecule has 0 fully saturated rings. The molecule has 0 saturated carbocycles. The molecule has 0 aliphatic heterocycles. The highest BCUT2D eigenvalue weighted by Gasteiger charge is 2.26. The molecule has 8 heteroatoms. The second-order valence-corrected chi connectivity index (χ2v) is 10.9. The fraction of sp³-hybridized carbons (Fsp3) is 0.360. The van der Waals surface area contributed by atoms with E-state index in [4.69, 9.17) is 9.97 Å². The van der Waals surface area contributed by atoms with Crippen molar-refractivity contribution < 1.29 is 8.76 Å². The summed E-state index contributed by atoms with van der Waals surface area (Å²) in [5.74, 6) is 1.02. The van der Waals surface area contributed by atoms with E-state index in [1.165, 1.54) is 15.6 Å². The van der Waals surface area contributed by atoms with E-state index in [-0.39, 0.29) is 0 Å². The SMILES string of the molecule is CCc1nc2c(C)cc(C)nc2n1Cc1ccc(-c2ccsc2N(S(=O)[O-])C(C)(C)C)cc1. The summed E-state index contributed by atoms with van der Waals surface area (Å²) < 4.78 is 27.6. The summed E-state index contributed by atoms with van der Waals surface area (Å²) in [6, 6.07) is 12.4. The molecule has 1 aromatic carbocycles. The number of pyridine rings is 1. The van der Waals surface area contributed by atoms with Crippen molar-refractivity contribution >= 4 is 38.8 Å². The molecule has 6 nitrogen and oxygen atoms in total. The van der Waals surface area contributed by atoms with Gasteiger partial charge in [0.05, 0.1) is 6.54 Å². The maximum Gasteiger partial charge on any atom is 0.160 e. The lowest BCUT2D eigenvalue weighted by Gasteiger charge is -2.38. The fourth-order valence-corrected chi connectivity index (χ4v) is 6.14. The van der Waals surface area contributed by atoms with Gasteiger partial charge in [0, 0.05) is 34.5 Å². The third kappa shape index (κ3) is 4.60. The van der Waals surface area contributed by atoms with Crippen LogP contribution in [0.15, 0.2) is 41.8 Å². The molecule has 0 N–H and O–H groups in total. The number of imidazole rings is 1. The third-order valence-corrected chi connectivity index (χ3v) is 7.65. The van der Waals surface area contributed by atoms with E-state index >= 15 is 0 Å². The van der Waals surface area contributed by atoms with E-state index in [0.29, 0.717) is 6.54 Å². The van der Waals surface area contributed by atoms with Crippen LogP contribution in [0.3, 0.4) is 0 Å². The number of fused-ring (bicyclic) bond motifs is 1. The van der Waals surface area contributed by atoms with E-state index in [1.807, 2.05) is 39.1 Å². The van der Waals surface area contributed by atoms with Crippen LogP contribution in [-0.2, 0) is 24.2 Å². The Balaban J connectivity index is 1.68. The van der Waals surface area contributed by atoms with Gasteiger partial charge in [-0.15, -0.1) is 11.3 Å².